The summed E-state index contributed by atoms with van der Waals surface area (Å²) in [6, 6.07) is 0. The summed E-state index contributed by atoms with van der Waals surface area (Å²) in [5.41, 5.74) is 0. The van der Waals surface area contributed by atoms with Crippen molar-refractivity contribution in [2.24, 2.45) is 0 Å². The van der Waals surface area contributed by atoms with E-state index in [0.717, 1.165) is 32.1 Å². The minimum absolute atomic E-state index is 0.136. The molecule has 0 unspecified atom stereocenters. The van der Waals surface area contributed by atoms with Gasteiger partial charge < -0.3 is 29.7 Å². The van der Waals surface area contributed by atoms with Crippen molar-refractivity contribution in [2.45, 2.75) is 148 Å². The Bertz CT molecular complexity index is 557. The van der Waals surface area contributed by atoms with Gasteiger partial charge in [0.05, 0.1) is 12.5 Å². The maximum atomic E-state index is 11.2. The third kappa shape index (κ3) is 34.3. The molecule has 0 radical (unpaired) electrons. The van der Waals surface area contributed by atoms with Crippen molar-refractivity contribution in [1.82, 2.24) is 4.90 Å². The normalized spacial score (nSPS) is 16.2. The van der Waals surface area contributed by atoms with Gasteiger partial charge in [0, 0.05) is 25.8 Å². The molecular weight excluding hydrogens is 502 g/mol. The lowest BCUT2D eigenvalue weighted by Crippen LogP contribution is -2.22. The number of hydrogen-bond donors (Lipinski definition) is 3. The number of carboxylic acid groups (broad SMARTS) is 2. The topological polar surface area (TPSA) is 134 Å². The average molecular weight is 562 g/mol. The molecule has 0 saturated carbocycles. The molecule has 0 aliphatic carbocycles. The molecule has 1 aliphatic heterocycles. The highest BCUT2D eigenvalue weighted by Gasteiger charge is 2.24. The number of ether oxygens (including phenoxy) is 2. The Morgan fingerprint density at radius 1 is 0.718 bits per heavy atom. The van der Waals surface area contributed by atoms with Crippen molar-refractivity contribution in [2.75, 3.05) is 27.2 Å². The molecule has 0 aromatic carbocycles. The van der Waals surface area contributed by atoms with Crippen molar-refractivity contribution in [3.05, 3.63) is 0 Å². The molecule has 0 amide bonds. The largest absolute Gasteiger partial charge is 0.481 e. The number of nitrogens with zero attached hydrogens (tertiary/aromatic N) is 1. The van der Waals surface area contributed by atoms with Crippen molar-refractivity contribution in [3.8, 4) is 0 Å². The SMILES string of the molecule is CCCCCCCCCC(=O)O.CCCCCCCCCC(=O)O.CN(C)CCC(=O)OC[C@@H]1CC[C@H](O)O1. The van der Waals surface area contributed by atoms with Gasteiger partial charge in [0.15, 0.2) is 6.29 Å². The number of rotatable bonds is 21. The number of esters is 1. The fourth-order valence-corrected chi connectivity index (χ4v) is 3.85. The van der Waals surface area contributed by atoms with Gasteiger partial charge in [-0.15, -0.1) is 0 Å². The van der Waals surface area contributed by atoms with Crippen LogP contribution in [-0.2, 0) is 23.9 Å². The van der Waals surface area contributed by atoms with Crippen LogP contribution in [0, 0.1) is 0 Å². The van der Waals surface area contributed by atoms with Crippen molar-refractivity contribution in [1.29, 1.82) is 0 Å². The smallest absolute Gasteiger partial charge is 0.307 e. The molecule has 0 spiro atoms. The predicted molar refractivity (Wildman–Crippen MR) is 155 cm³/mol. The summed E-state index contributed by atoms with van der Waals surface area (Å²) in [7, 11) is 3.81. The van der Waals surface area contributed by atoms with Crippen LogP contribution in [0.1, 0.15) is 136 Å². The lowest BCUT2D eigenvalue weighted by Gasteiger charge is -2.12. The molecule has 9 heteroatoms. The second kappa shape index (κ2) is 29.3. The van der Waals surface area contributed by atoms with E-state index in [4.69, 9.17) is 24.8 Å². The van der Waals surface area contributed by atoms with Crippen LogP contribution < -0.4 is 0 Å². The number of aliphatic hydroxyl groups excluding tert-OH is 1. The summed E-state index contributed by atoms with van der Waals surface area (Å²) in [6.45, 7) is 5.34. The minimum atomic E-state index is -0.685. The zero-order valence-electron chi connectivity index (χ0n) is 25.3. The van der Waals surface area contributed by atoms with Crippen molar-refractivity contribution >= 4 is 17.9 Å². The maximum absolute atomic E-state index is 11.2. The van der Waals surface area contributed by atoms with Crippen molar-refractivity contribution < 1.29 is 39.2 Å². The third-order valence-electron chi connectivity index (χ3n) is 6.27. The number of carbonyl (C=O) groups is 3. The number of aliphatic hydroxyl groups is 1. The molecule has 2 atom stereocenters. The fraction of sp³-hybridized carbons (Fsp3) is 0.900. The van der Waals surface area contributed by atoms with E-state index in [9.17, 15) is 14.4 Å². The molecule has 0 aromatic heterocycles. The van der Waals surface area contributed by atoms with Crippen LogP contribution in [0.2, 0.25) is 0 Å². The van der Waals surface area contributed by atoms with Crippen LogP contribution in [0.25, 0.3) is 0 Å². The van der Waals surface area contributed by atoms with E-state index in [1.54, 1.807) is 0 Å². The Labute approximate surface area is 237 Å². The van der Waals surface area contributed by atoms with Gasteiger partial charge >= 0.3 is 17.9 Å². The predicted octanol–water partition coefficient (Wildman–Crippen LogP) is 6.40. The van der Waals surface area contributed by atoms with Crippen LogP contribution in [-0.4, -0.2) is 77.8 Å². The zero-order valence-corrected chi connectivity index (χ0v) is 25.3. The molecule has 0 aromatic rings. The quantitative estimate of drug-likeness (QED) is 0.107. The van der Waals surface area contributed by atoms with E-state index in [2.05, 4.69) is 13.8 Å². The molecule has 1 fully saturated rings. The van der Waals surface area contributed by atoms with Gasteiger partial charge in [-0.05, 0) is 33.4 Å². The van der Waals surface area contributed by atoms with Gasteiger partial charge in [0.2, 0.25) is 0 Å². The highest BCUT2D eigenvalue weighted by molar-refractivity contribution is 5.69. The number of carbonyl (C=O) groups excluding carboxylic acids is 1. The van der Waals surface area contributed by atoms with Gasteiger partial charge in [-0.1, -0.05) is 90.9 Å². The van der Waals surface area contributed by atoms with Crippen LogP contribution in [0.3, 0.4) is 0 Å². The van der Waals surface area contributed by atoms with Gasteiger partial charge in [-0.3, -0.25) is 14.4 Å². The van der Waals surface area contributed by atoms with Crippen LogP contribution in [0.5, 0.6) is 0 Å². The number of hydrogen-bond acceptors (Lipinski definition) is 7. The lowest BCUT2D eigenvalue weighted by atomic mass is 10.1. The summed E-state index contributed by atoms with van der Waals surface area (Å²) < 4.78 is 10.1. The van der Waals surface area contributed by atoms with E-state index in [1.165, 1.54) is 64.2 Å². The molecule has 1 heterocycles. The summed E-state index contributed by atoms with van der Waals surface area (Å²) >= 11 is 0. The Hall–Kier alpha value is -1.71. The first-order chi connectivity index (χ1) is 18.6. The van der Waals surface area contributed by atoms with Gasteiger partial charge in [-0.25, -0.2) is 0 Å². The molecule has 0 bridgehead atoms. The van der Waals surface area contributed by atoms with Crippen molar-refractivity contribution in [3.63, 3.8) is 0 Å². The first-order valence-corrected chi connectivity index (χ1v) is 15.2. The fourth-order valence-electron chi connectivity index (χ4n) is 3.85. The first-order valence-electron chi connectivity index (χ1n) is 15.2. The average Bonchev–Trinajstić information content (AvgIpc) is 3.30. The molecule has 3 N–H and O–H groups in total. The Morgan fingerprint density at radius 2 is 1.15 bits per heavy atom. The molecule has 232 valence electrons. The van der Waals surface area contributed by atoms with Crippen LogP contribution >= 0.6 is 0 Å². The van der Waals surface area contributed by atoms with E-state index in [1.807, 2.05) is 19.0 Å². The minimum Gasteiger partial charge on any atom is -0.481 e. The number of aliphatic carboxylic acids is 2. The van der Waals surface area contributed by atoms with Gasteiger partial charge in [0.1, 0.15) is 6.61 Å². The molecule has 39 heavy (non-hydrogen) atoms. The van der Waals surface area contributed by atoms with E-state index in [-0.39, 0.29) is 18.7 Å². The van der Waals surface area contributed by atoms with E-state index >= 15 is 0 Å². The molecule has 1 aliphatic rings. The molecule has 1 saturated heterocycles. The summed E-state index contributed by atoms with van der Waals surface area (Å²) in [6.07, 6.45) is 18.2. The lowest BCUT2D eigenvalue weighted by molar-refractivity contribution is -0.152. The molecular formula is C30H59NO8. The summed E-state index contributed by atoms with van der Waals surface area (Å²) in [5.74, 6) is -1.54. The zero-order chi connectivity index (χ0) is 29.7. The van der Waals surface area contributed by atoms with E-state index < -0.39 is 18.2 Å². The van der Waals surface area contributed by atoms with Crippen LogP contribution in [0.4, 0.5) is 0 Å². The molecule has 9 nitrogen and oxygen atoms in total. The number of unbranched alkanes of at least 4 members (excludes halogenated alkanes) is 12. The highest BCUT2D eigenvalue weighted by atomic mass is 16.6. The second-order valence-electron chi connectivity index (χ2n) is 10.6. The highest BCUT2D eigenvalue weighted by Crippen LogP contribution is 2.17. The first kappa shape index (κ1) is 39.4. The third-order valence-corrected chi connectivity index (χ3v) is 6.27. The standard InChI is InChI=1S/C10H19NO4.2C10H20O2/c1-11(2)6-5-9(12)14-7-8-3-4-10(13)15-8;2*1-2-3-4-5-6-7-8-9-10(11)12/h8,10,13H,3-7H2,1-2H3;2*2-9H2,1H3,(H,11,12)/t8-,10+;;/m0../s1. The Balaban J connectivity index is 0. The van der Waals surface area contributed by atoms with Gasteiger partial charge in [0.25, 0.3) is 0 Å². The van der Waals surface area contributed by atoms with Gasteiger partial charge in [-0.2, -0.15) is 0 Å². The monoisotopic (exact) mass is 561 g/mol. The maximum Gasteiger partial charge on any atom is 0.307 e. The Kier molecular flexibility index (Phi) is 29.6. The number of carboxylic acids is 2. The van der Waals surface area contributed by atoms with E-state index in [0.29, 0.717) is 32.2 Å². The summed E-state index contributed by atoms with van der Waals surface area (Å²) in [4.78, 5) is 33.4. The second-order valence-corrected chi connectivity index (χ2v) is 10.6. The van der Waals surface area contributed by atoms with Crippen LogP contribution in [0.15, 0.2) is 0 Å². The summed E-state index contributed by atoms with van der Waals surface area (Å²) in [5, 5.41) is 25.8. The molecule has 1 rings (SSSR count). The Morgan fingerprint density at radius 3 is 1.51 bits per heavy atom.